The predicted octanol–water partition coefficient (Wildman–Crippen LogP) is 2.31. The average molecular weight is 307 g/mol. The van der Waals surface area contributed by atoms with Crippen molar-refractivity contribution < 1.29 is 8.42 Å². The van der Waals surface area contributed by atoms with Gasteiger partial charge in [0, 0.05) is 18.2 Å². The van der Waals surface area contributed by atoms with Gasteiger partial charge in [-0.15, -0.1) is 0 Å². The molecule has 1 aliphatic rings. The van der Waals surface area contributed by atoms with Crippen molar-refractivity contribution in [2.45, 2.75) is 50.8 Å². The number of hydrogen-bond donors (Lipinski definition) is 0. The minimum atomic E-state index is -2.96. The largest absolute Gasteiger partial charge is 0.307 e. The number of nitrogens with zero attached hydrogens (tertiary/aromatic N) is 3. The molecule has 0 aromatic carbocycles. The molecule has 114 valence electrons. The number of imidazole rings is 1. The first-order valence-corrected chi connectivity index (χ1v) is 9.05. The molecule has 0 saturated carbocycles. The predicted molar refractivity (Wildman–Crippen MR) is 83.0 cm³/mol. The monoisotopic (exact) mass is 307 g/mol. The summed E-state index contributed by atoms with van der Waals surface area (Å²) in [5.74, 6) is 1.14. The van der Waals surface area contributed by atoms with Gasteiger partial charge in [0.2, 0.25) is 0 Å². The molecular formula is C15H21N3O2S. The van der Waals surface area contributed by atoms with Crippen molar-refractivity contribution >= 4 is 21.0 Å². The van der Waals surface area contributed by atoms with Crippen LogP contribution in [0.2, 0.25) is 0 Å². The first-order valence-electron chi connectivity index (χ1n) is 7.33. The van der Waals surface area contributed by atoms with Crippen molar-refractivity contribution in [3.8, 4) is 0 Å². The molecule has 0 bridgehead atoms. The number of rotatable bonds is 2. The fraction of sp³-hybridized carbons (Fsp3) is 0.600. The Morgan fingerprint density at radius 2 is 2.14 bits per heavy atom. The lowest BCUT2D eigenvalue weighted by molar-refractivity contribution is 0.390. The van der Waals surface area contributed by atoms with Crippen molar-refractivity contribution in [1.82, 2.24) is 14.5 Å². The molecule has 0 radical (unpaired) electrons. The fourth-order valence-electron chi connectivity index (χ4n) is 3.09. The van der Waals surface area contributed by atoms with Gasteiger partial charge in [0.1, 0.15) is 11.3 Å². The van der Waals surface area contributed by atoms with Crippen LogP contribution in [-0.4, -0.2) is 34.0 Å². The van der Waals surface area contributed by atoms with E-state index < -0.39 is 9.84 Å². The van der Waals surface area contributed by atoms with Crippen molar-refractivity contribution in [1.29, 1.82) is 0 Å². The van der Waals surface area contributed by atoms with Crippen LogP contribution in [0.25, 0.3) is 11.2 Å². The van der Waals surface area contributed by atoms with Crippen LogP contribution in [0.4, 0.5) is 0 Å². The lowest BCUT2D eigenvalue weighted by Crippen LogP contribution is -2.28. The number of hydrogen-bond acceptors (Lipinski definition) is 4. The van der Waals surface area contributed by atoms with Crippen LogP contribution in [0.3, 0.4) is 0 Å². The Morgan fingerprint density at radius 3 is 2.76 bits per heavy atom. The van der Waals surface area contributed by atoms with E-state index in [2.05, 4.69) is 35.3 Å². The van der Waals surface area contributed by atoms with Crippen molar-refractivity contribution in [3.05, 3.63) is 24.2 Å². The van der Waals surface area contributed by atoms with Gasteiger partial charge in [0.15, 0.2) is 15.5 Å². The van der Waals surface area contributed by atoms with Crippen LogP contribution in [0, 0.1) is 0 Å². The minimum Gasteiger partial charge on any atom is -0.307 e. The maximum Gasteiger partial charge on any atom is 0.160 e. The van der Waals surface area contributed by atoms with E-state index in [1.807, 2.05) is 12.1 Å². The number of pyridine rings is 1. The van der Waals surface area contributed by atoms with Crippen molar-refractivity contribution in [2.75, 3.05) is 5.75 Å². The molecule has 1 atom stereocenters. The zero-order chi connectivity index (χ0) is 15.3. The second kappa shape index (κ2) is 4.80. The Balaban J connectivity index is 2.10. The van der Waals surface area contributed by atoms with Gasteiger partial charge in [0.25, 0.3) is 0 Å². The van der Waals surface area contributed by atoms with E-state index in [-0.39, 0.29) is 10.8 Å². The second-order valence-electron chi connectivity index (χ2n) is 6.72. The molecule has 2 aromatic rings. The van der Waals surface area contributed by atoms with E-state index in [0.29, 0.717) is 12.2 Å². The third-order valence-electron chi connectivity index (χ3n) is 4.03. The molecule has 3 rings (SSSR count). The Bertz CT molecular complexity index is 772. The van der Waals surface area contributed by atoms with Crippen LogP contribution in [0.5, 0.6) is 0 Å². The summed E-state index contributed by atoms with van der Waals surface area (Å²) in [5, 5.41) is -0.296. The minimum absolute atomic E-state index is 0.180. The Labute approximate surface area is 125 Å². The Hall–Kier alpha value is -1.43. The maximum absolute atomic E-state index is 12.1. The highest BCUT2D eigenvalue weighted by Crippen LogP contribution is 2.28. The molecule has 0 amide bonds. The van der Waals surface area contributed by atoms with E-state index in [1.165, 1.54) is 0 Å². The maximum atomic E-state index is 12.1. The zero-order valence-electron chi connectivity index (χ0n) is 12.7. The van der Waals surface area contributed by atoms with Gasteiger partial charge in [-0.1, -0.05) is 0 Å². The number of aromatic nitrogens is 3. The molecule has 0 spiro atoms. The first-order chi connectivity index (χ1) is 9.79. The highest BCUT2D eigenvalue weighted by atomic mass is 32.2. The highest BCUT2D eigenvalue weighted by Gasteiger charge is 2.34. The molecule has 1 unspecified atom stereocenters. The van der Waals surface area contributed by atoms with Crippen LogP contribution in [0.15, 0.2) is 18.3 Å². The zero-order valence-corrected chi connectivity index (χ0v) is 13.5. The van der Waals surface area contributed by atoms with Crippen molar-refractivity contribution in [3.63, 3.8) is 0 Å². The summed E-state index contributed by atoms with van der Waals surface area (Å²) in [6, 6.07) is 3.79. The first kappa shape index (κ1) is 14.5. The van der Waals surface area contributed by atoms with E-state index in [0.717, 1.165) is 29.8 Å². The lowest BCUT2D eigenvalue weighted by Gasteiger charge is -2.24. The van der Waals surface area contributed by atoms with Crippen molar-refractivity contribution in [2.24, 2.45) is 0 Å². The molecule has 1 saturated heterocycles. The molecule has 3 heterocycles. The van der Waals surface area contributed by atoms with Gasteiger partial charge in [-0.2, -0.15) is 0 Å². The van der Waals surface area contributed by atoms with Gasteiger partial charge in [-0.3, -0.25) is 0 Å². The van der Waals surface area contributed by atoms with E-state index >= 15 is 0 Å². The molecule has 21 heavy (non-hydrogen) atoms. The van der Waals surface area contributed by atoms with Gasteiger partial charge in [-0.25, -0.2) is 18.4 Å². The summed E-state index contributed by atoms with van der Waals surface area (Å²) in [5.41, 5.74) is 1.48. The summed E-state index contributed by atoms with van der Waals surface area (Å²) in [6.45, 7) is 6.28. The molecule has 2 aromatic heterocycles. The normalized spacial score (nSPS) is 22.0. The summed E-state index contributed by atoms with van der Waals surface area (Å²) in [6.07, 6.45) is 3.74. The van der Waals surface area contributed by atoms with Crippen LogP contribution < -0.4 is 0 Å². The Kier molecular flexibility index (Phi) is 3.31. The van der Waals surface area contributed by atoms with Gasteiger partial charge in [-0.05, 0) is 45.7 Å². The van der Waals surface area contributed by atoms with Gasteiger partial charge in [0.05, 0.1) is 11.0 Å². The smallest absolute Gasteiger partial charge is 0.160 e. The fourth-order valence-corrected chi connectivity index (χ4v) is 4.92. The van der Waals surface area contributed by atoms with Gasteiger partial charge < -0.3 is 4.57 Å². The third-order valence-corrected chi connectivity index (χ3v) is 6.31. The van der Waals surface area contributed by atoms with E-state index in [9.17, 15) is 8.42 Å². The molecule has 0 aliphatic carbocycles. The quantitative estimate of drug-likeness (QED) is 0.854. The number of sulfone groups is 1. The second-order valence-corrected chi connectivity index (χ2v) is 9.12. The summed E-state index contributed by atoms with van der Waals surface area (Å²) < 4.78 is 26.3. The van der Waals surface area contributed by atoms with Gasteiger partial charge >= 0.3 is 0 Å². The molecule has 0 N–H and O–H groups in total. The summed E-state index contributed by atoms with van der Waals surface area (Å²) in [4.78, 5) is 9.07. The topological polar surface area (TPSA) is 64.8 Å². The molecular weight excluding hydrogens is 286 g/mol. The van der Waals surface area contributed by atoms with E-state index in [1.54, 1.807) is 6.20 Å². The Morgan fingerprint density at radius 1 is 1.38 bits per heavy atom. The molecule has 6 heteroatoms. The summed E-state index contributed by atoms with van der Waals surface area (Å²) in [7, 11) is -2.96. The van der Waals surface area contributed by atoms with Crippen LogP contribution in [-0.2, 0) is 21.8 Å². The summed E-state index contributed by atoms with van der Waals surface area (Å²) >= 11 is 0. The van der Waals surface area contributed by atoms with E-state index in [4.69, 9.17) is 0 Å². The third kappa shape index (κ3) is 2.57. The SMILES string of the molecule is CC(C)(C)n1c(CC2CCCS2(=O)=O)nc2cccnc21. The molecule has 1 aliphatic heterocycles. The van der Waals surface area contributed by atoms with Crippen LogP contribution >= 0.6 is 0 Å². The highest BCUT2D eigenvalue weighted by molar-refractivity contribution is 7.92. The van der Waals surface area contributed by atoms with Crippen LogP contribution in [0.1, 0.15) is 39.4 Å². The molecule has 5 nitrogen and oxygen atoms in total. The molecule has 1 fully saturated rings. The average Bonchev–Trinajstić information content (AvgIpc) is 2.89. The lowest BCUT2D eigenvalue weighted by atomic mass is 10.1. The number of fused-ring (bicyclic) bond motifs is 1. The standard InChI is InChI=1S/C15H21N3O2S/c1-15(2,3)18-13(10-11-6-5-9-21(11,19)20)17-12-7-4-8-16-14(12)18/h4,7-8,11H,5-6,9-10H2,1-3H3.